The average Bonchev–Trinajstić information content (AvgIpc) is 3.81. The molecule has 5 amide bonds. The Morgan fingerprint density at radius 1 is 1.00 bits per heavy atom. The second kappa shape index (κ2) is 18.1. The Morgan fingerprint density at radius 2 is 1.68 bits per heavy atom. The quantitative estimate of drug-likeness (QED) is 0.113. The summed E-state index contributed by atoms with van der Waals surface area (Å²) in [5, 5.41) is 5.94. The zero-order chi connectivity index (χ0) is 45.0. The lowest BCUT2D eigenvalue weighted by molar-refractivity contribution is -0.141. The van der Waals surface area contributed by atoms with Crippen LogP contribution in [0, 0.1) is 5.92 Å². The minimum Gasteiger partial charge on any atom is -0.497 e. The highest BCUT2D eigenvalue weighted by atomic mass is 32.2. The molecule has 1 saturated heterocycles. The zero-order valence-electron chi connectivity index (χ0n) is 35.1. The number of amides is 5. The Morgan fingerprint density at radius 3 is 2.29 bits per heavy atom. The number of alkyl carbamates (subject to hydrolysis) is 1. The van der Waals surface area contributed by atoms with Gasteiger partial charge in [0.1, 0.15) is 40.8 Å². The molecule has 3 N–H and O–H groups in total. The summed E-state index contributed by atoms with van der Waals surface area (Å²) in [6, 6.07) is 21.0. The minimum atomic E-state index is -4.33. The van der Waals surface area contributed by atoms with E-state index in [1.807, 2.05) is 30.3 Å². The van der Waals surface area contributed by atoms with Crippen molar-refractivity contribution >= 4 is 50.6 Å². The average molecular weight is 867 g/mol. The van der Waals surface area contributed by atoms with Crippen LogP contribution in [0.4, 0.5) is 4.79 Å². The number of benzene rings is 3. The molecule has 4 aromatic rings. The third-order valence-corrected chi connectivity index (χ3v) is 11.9. The van der Waals surface area contributed by atoms with Crippen LogP contribution in [-0.4, -0.2) is 109 Å². The fraction of sp³-hybridized carbons (Fsp3) is 0.333. The molecule has 0 bridgehead atoms. The Hall–Kier alpha value is -6.75. The van der Waals surface area contributed by atoms with Crippen LogP contribution in [0.25, 0.3) is 22.2 Å². The molecule has 1 aliphatic heterocycles. The van der Waals surface area contributed by atoms with Crippen molar-refractivity contribution in [1.29, 1.82) is 0 Å². The van der Waals surface area contributed by atoms with E-state index in [0.29, 0.717) is 28.1 Å². The number of sulfonamides is 1. The Labute approximate surface area is 360 Å². The molecule has 16 nitrogen and oxygen atoms in total. The Balaban J connectivity index is 1.36. The summed E-state index contributed by atoms with van der Waals surface area (Å²) in [6.07, 6.45) is 0.635. The van der Waals surface area contributed by atoms with Gasteiger partial charge in [0.25, 0.3) is 15.9 Å². The predicted octanol–water partition coefficient (Wildman–Crippen LogP) is 4.36. The highest BCUT2D eigenvalue weighted by Crippen LogP contribution is 2.45. The lowest BCUT2D eigenvalue weighted by Crippen LogP contribution is -2.59. The van der Waals surface area contributed by atoms with Gasteiger partial charge in [-0.1, -0.05) is 61.2 Å². The molecule has 62 heavy (non-hydrogen) atoms. The predicted molar refractivity (Wildman–Crippen MR) is 230 cm³/mol. The van der Waals surface area contributed by atoms with Gasteiger partial charge in [-0.15, -0.1) is 6.58 Å². The van der Waals surface area contributed by atoms with Gasteiger partial charge >= 0.3 is 6.09 Å². The highest BCUT2D eigenvalue weighted by Gasteiger charge is 2.61. The van der Waals surface area contributed by atoms with E-state index in [2.05, 4.69) is 28.5 Å². The van der Waals surface area contributed by atoms with E-state index in [1.54, 1.807) is 58.2 Å². The van der Waals surface area contributed by atoms with E-state index >= 15 is 0 Å². The number of carbonyl (C=O) groups excluding carboxylic acids is 5. The van der Waals surface area contributed by atoms with Gasteiger partial charge in [0.15, 0.2) is 0 Å². The second-order valence-electron chi connectivity index (χ2n) is 16.1. The SMILES string of the molecule is C=CC(=O)N(C)C[C@H](NC(=O)OC(C)(C)C)C(=O)N1C[C@H](Oc2cc(-c3ccccc3)nc3cc(OC)ccc23)C[C@H]1C(=O)N[C@]1(C(=O)NS(=O)(=O)c2ccccc2)C[C@H]1C=C. The third kappa shape index (κ3) is 10.1. The summed E-state index contributed by atoms with van der Waals surface area (Å²) < 4.78 is 46.2. The van der Waals surface area contributed by atoms with Crippen molar-refractivity contribution < 1.29 is 46.6 Å². The molecule has 2 heterocycles. The van der Waals surface area contributed by atoms with Crippen molar-refractivity contribution in [2.75, 3.05) is 27.2 Å². The number of hydrogen-bond donors (Lipinski definition) is 3. The molecule has 1 saturated carbocycles. The first kappa shape index (κ1) is 44.8. The molecular weight excluding hydrogens is 817 g/mol. The number of likely N-dealkylation sites (tertiary alicyclic amines) is 1. The molecule has 0 spiro atoms. The summed E-state index contributed by atoms with van der Waals surface area (Å²) in [4.78, 5) is 76.1. The number of methoxy groups -OCH3 is 1. The first-order valence-electron chi connectivity index (χ1n) is 19.8. The number of likely N-dealkylation sites (N-methyl/N-ethyl adjacent to an activating group) is 1. The zero-order valence-corrected chi connectivity index (χ0v) is 35.9. The van der Waals surface area contributed by atoms with Gasteiger partial charge in [-0.2, -0.15) is 0 Å². The topological polar surface area (TPSA) is 203 Å². The first-order valence-corrected chi connectivity index (χ1v) is 21.3. The second-order valence-corrected chi connectivity index (χ2v) is 17.8. The fourth-order valence-electron chi connectivity index (χ4n) is 7.28. The summed E-state index contributed by atoms with van der Waals surface area (Å²) in [6.45, 7) is 11.7. The summed E-state index contributed by atoms with van der Waals surface area (Å²) in [7, 11) is -1.37. The normalized spacial score (nSPS) is 20.0. The van der Waals surface area contributed by atoms with Gasteiger partial charge in [-0.25, -0.2) is 22.9 Å². The number of pyridine rings is 1. The molecule has 0 unspecified atom stereocenters. The largest absolute Gasteiger partial charge is 0.497 e. The molecule has 3 aromatic carbocycles. The number of rotatable bonds is 15. The molecule has 1 aliphatic carbocycles. The van der Waals surface area contributed by atoms with E-state index in [9.17, 15) is 32.4 Å². The molecular formula is C45H50N6O10S. The van der Waals surface area contributed by atoms with E-state index in [4.69, 9.17) is 19.2 Å². The van der Waals surface area contributed by atoms with Crippen molar-refractivity contribution in [3.8, 4) is 22.8 Å². The van der Waals surface area contributed by atoms with Gasteiger partial charge in [-0.3, -0.25) is 19.2 Å². The van der Waals surface area contributed by atoms with E-state index in [-0.39, 0.29) is 30.8 Å². The Bertz CT molecular complexity index is 2490. The van der Waals surface area contributed by atoms with Gasteiger partial charge in [0.05, 0.1) is 36.3 Å². The van der Waals surface area contributed by atoms with E-state index in [0.717, 1.165) is 11.6 Å². The molecule has 2 aliphatic rings. The van der Waals surface area contributed by atoms with Crippen LogP contribution < -0.4 is 24.8 Å². The molecule has 5 atom stereocenters. The Kier molecular flexibility index (Phi) is 13.1. The highest BCUT2D eigenvalue weighted by molar-refractivity contribution is 7.90. The number of aromatic nitrogens is 1. The lowest BCUT2D eigenvalue weighted by atomic mass is 10.1. The molecule has 2 fully saturated rings. The number of nitrogens with one attached hydrogen (secondary N) is 3. The van der Waals surface area contributed by atoms with Crippen LogP contribution in [0.1, 0.15) is 33.6 Å². The summed E-state index contributed by atoms with van der Waals surface area (Å²) in [5.74, 6) is -2.76. The van der Waals surface area contributed by atoms with Crippen molar-refractivity contribution in [3.05, 3.63) is 110 Å². The van der Waals surface area contributed by atoms with Crippen LogP contribution >= 0.6 is 0 Å². The van der Waals surface area contributed by atoms with Crippen LogP contribution in [0.2, 0.25) is 0 Å². The monoisotopic (exact) mass is 866 g/mol. The maximum absolute atomic E-state index is 14.8. The minimum absolute atomic E-state index is 0.0327. The van der Waals surface area contributed by atoms with Crippen LogP contribution in [-0.2, 0) is 33.9 Å². The first-order chi connectivity index (χ1) is 29.4. The van der Waals surface area contributed by atoms with Crippen molar-refractivity contribution in [2.45, 2.75) is 67.8 Å². The van der Waals surface area contributed by atoms with Gasteiger partial charge < -0.3 is 34.6 Å². The van der Waals surface area contributed by atoms with Crippen molar-refractivity contribution in [2.24, 2.45) is 5.92 Å². The smallest absolute Gasteiger partial charge is 0.408 e. The number of hydrogen-bond acceptors (Lipinski definition) is 11. The molecule has 6 rings (SSSR count). The van der Waals surface area contributed by atoms with E-state index in [1.165, 1.54) is 47.2 Å². The standard InChI is InChI=1S/C45H50N6O10S/c1-8-29-25-45(29,42(55)49-62(57,58)32-18-14-11-15-19-32)48-40(53)37-23-31(26-51(37)41(54)36(27-50(6)39(52)9-2)47-43(56)61-44(3,4)5)60-38-24-34(28-16-12-10-13-17-28)46-35-22-30(59-7)20-21-33(35)38/h8-22,24,29,31,36-37H,1-2,23,25-27H2,3-7H3,(H,47,56)(H,48,53)(H,49,55)/t29-,31-,36+,37+,45-/m1/s1. The van der Waals surface area contributed by atoms with Crippen LogP contribution in [0.5, 0.6) is 11.5 Å². The van der Waals surface area contributed by atoms with E-state index < -0.39 is 75.0 Å². The van der Waals surface area contributed by atoms with Gasteiger partial charge in [-0.05, 0) is 57.5 Å². The maximum atomic E-state index is 14.8. The van der Waals surface area contributed by atoms with Crippen molar-refractivity contribution in [3.63, 3.8) is 0 Å². The molecule has 326 valence electrons. The summed E-state index contributed by atoms with van der Waals surface area (Å²) in [5.41, 5.74) is -0.721. The maximum Gasteiger partial charge on any atom is 0.408 e. The number of fused-ring (bicyclic) bond motifs is 1. The summed E-state index contributed by atoms with van der Waals surface area (Å²) >= 11 is 0. The molecule has 1 aromatic heterocycles. The third-order valence-electron chi connectivity index (χ3n) is 10.5. The molecule has 0 radical (unpaired) electrons. The van der Waals surface area contributed by atoms with Gasteiger partial charge in [0, 0.05) is 42.5 Å². The van der Waals surface area contributed by atoms with Crippen LogP contribution in [0.15, 0.2) is 115 Å². The number of nitrogens with zero attached hydrogens (tertiary/aromatic N) is 3. The van der Waals surface area contributed by atoms with Crippen LogP contribution in [0.3, 0.4) is 0 Å². The fourth-order valence-corrected chi connectivity index (χ4v) is 8.34. The lowest BCUT2D eigenvalue weighted by Gasteiger charge is -2.31. The van der Waals surface area contributed by atoms with Gasteiger partial charge in [0.2, 0.25) is 17.7 Å². The van der Waals surface area contributed by atoms with Crippen molar-refractivity contribution in [1.82, 2.24) is 30.1 Å². The number of carbonyl (C=O) groups is 5. The molecule has 17 heteroatoms. The number of ether oxygens (including phenoxy) is 3.